The van der Waals surface area contributed by atoms with Crippen LogP contribution >= 0.6 is 33.9 Å². The van der Waals surface area contributed by atoms with Crippen molar-refractivity contribution in [2.45, 2.75) is 11.1 Å². The summed E-state index contributed by atoms with van der Waals surface area (Å²) in [5.41, 5.74) is -1.96. The van der Waals surface area contributed by atoms with Gasteiger partial charge in [-0.15, -0.1) is 0 Å². The highest BCUT2D eigenvalue weighted by molar-refractivity contribution is 8.13. The maximum absolute atomic E-state index is 14.0. The summed E-state index contributed by atoms with van der Waals surface area (Å²) in [7, 11) is 0.861. The van der Waals surface area contributed by atoms with Crippen molar-refractivity contribution < 1.29 is 26.0 Å². The van der Waals surface area contributed by atoms with Crippen molar-refractivity contribution in [3.05, 3.63) is 45.8 Å². The number of benzene rings is 1. The highest BCUT2D eigenvalue weighted by atomic mass is 35.7. The van der Waals surface area contributed by atoms with Crippen LogP contribution in [0.4, 0.5) is 17.6 Å². The SMILES string of the molecule is O=S(=O)(Cl)c1cc(-c2ncc(C(F)(F)F)cc2Cl)c(F)cc1Cl. The minimum Gasteiger partial charge on any atom is -0.254 e. The van der Waals surface area contributed by atoms with Gasteiger partial charge in [-0.05, 0) is 18.2 Å². The van der Waals surface area contributed by atoms with Crippen LogP contribution in [0.2, 0.25) is 10.0 Å². The lowest BCUT2D eigenvalue weighted by molar-refractivity contribution is -0.137. The minimum absolute atomic E-state index is 0.379. The summed E-state index contributed by atoms with van der Waals surface area (Å²) in [6.45, 7) is 0. The van der Waals surface area contributed by atoms with Crippen LogP contribution in [0.15, 0.2) is 29.3 Å². The second-order valence-electron chi connectivity index (χ2n) is 4.25. The average molecular weight is 409 g/mol. The third-order valence-electron chi connectivity index (χ3n) is 2.71. The number of pyridine rings is 1. The number of rotatable bonds is 2. The third kappa shape index (κ3) is 3.88. The molecule has 0 unspecified atom stereocenters. The van der Waals surface area contributed by atoms with Gasteiger partial charge in [-0.3, -0.25) is 4.98 Å². The normalized spacial score (nSPS) is 12.5. The molecule has 0 aliphatic heterocycles. The van der Waals surface area contributed by atoms with Gasteiger partial charge in [-0.2, -0.15) is 13.2 Å². The molecule has 0 fully saturated rings. The number of hydrogen-bond donors (Lipinski definition) is 0. The predicted molar refractivity (Wildman–Crippen MR) is 77.7 cm³/mol. The Morgan fingerprint density at radius 3 is 2.13 bits per heavy atom. The molecule has 11 heteroatoms. The first kappa shape index (κ1) is 18.3. The van der Waals surface area contributed by atoms with Crippen molar-refractivity contribution in [3.8, 4) is 11.3 Å². The number of nitrogens with zero attached hydrogens (tertiary/aromatic N) is 1. The maximum atomic E-state index is 14.0. The van der Waals surface area contributed by atoms with Crippen LogP contribution in [-0.2, 0) is 15.2 Å². The highest BCUT2D eigenvalue weighted by Crippen LogP contribution is 2.37. The molecule has 0 bridgehead atoms. The van der Waals surface area contributed by atoms with E-state index in [-0.39, 0.29) is 5.69 Å². The molecule has 0 aliphatic carbocycles. The van der Waals surface area contributed by atoms with Crippen molar-refractivity contribution in [2.75, 3.05) is 0 Å². The topological polar surface area (TPSA) is 47.0 Å². The highest BCUT2D eigenvalue weighted by Gasteiger charge is 2.32. The molecule has 2 aromatic rings. The Morgan fingerprint density at radius 1 is 1.04 bits per heavy atom. The number of halogens is 7. The molecular formula is C12H4Cl3F4NO2S. The van der Waals surface area contributed by atoms with Crippen molar-refractivity contribution in [2.24, 2.45) is 0 Å². The van der Waals surface area contributed by atoms with Crippen molar-refractivity contribution in [1.82, 2.24) is 4.98 Å². The molecule has 0 radical (unpaired) electrons. The van der Waals surface area contributed by atoms with E-state index < -0.39 is 47.1 Å². The Balaban J connectivity index is 2.68. The predicted octanol–water partition coefficient (Wildman–Crippen LogP) is 5.14. The van der Waals surface area contributed by atoms with Gasteiger partial charge >= 0.3 is 6.18 Å². The van der Waals surface area contributed by atoms with E-state index in [4.69, 9.17) is 33.9 Å². The monoisotopic (exact) mass is 407 g/mol. The Bertz CT molecular complexity index is 885. The van der Waals surface area contributed by atoms with Crippen LogP contribution in [0.25, 0.3) is 11.3 Å². The minimum atomic E-state index is -4.68. The van der Waals surface area contributed by atoms with Gasteiger partial charge in [0.05, 0.1) is 21.3 Å². The van der Waals surface area contributed by atoms with Crippen molar-refractivity contribution >= 4 is 42.9 Å². The van der Waals surface area contributed by atoms with Gasteiger partial charge in [0.2, 0.25) is 0 Å². The quantitative estimate of drug-likeness (QED) is 0.510. The van der Waals surface area contributed by atoms with E-state index in [0.29, 0.717) is 18.3 Å². The van der Waals surface area contributed by atoms with E-state index in [1.807, 2.05) is 0 Å². The van der Waals surface area contributed by atoms with Crippen molar-refractivity contribution in [1.29, 1.82) is 0 Å². The standard InChI is InChI=1S/C12H4Cl3F4NO2S/c13-7-3-9(16)6(2-10(7)23(15,21)22)11-8(14)1-5(4-20-11)12(17,18)19/h1-4H. The van der Waals surface area contributed by atoms with Gasteiger partial charge in [0, 0.05) is 22.4 Å². The Labute approximate surface area is 142 Å². The molecule has 2 rings (SSSR count). The molecule has 124 valence electrons. The molecule has 1 aromatic carbocycles. The lowest BCUT2D eigenvalue weighted by atomic mass is 10.1. The third-order valence-corrected chi connectivity index (χ3v) is 4.78. The van der Waals surface area contributed by atoms with E-state index in [9.17, 15) is 26.0 Å². The van der Waals surface area contributed by atoms with Crippen LogP contribution in [0.5, 0.6) is 0 Å². The molecule has 0 N–H and O–H groups in total. The molecule has 0 atom stereocenters. The maximum Gasteiger partial charge on any atom is 0.417 e. The van der Waals surface area contributed by atoms with Crippen LogP contribution in [0.3, 0.4) is 0 Å². The summed E-state index contributed by atoms with van der Waals surface area (Å²) in [5.74, 6) is -1.02. The first-order valence-electron chi connectivity index (χ1n) is 5.58. The van der Waals surface area contributed by atoms with Crippen LogP contribution < -0.4 is 0 Å². The molecule has 0 spiro atoms. The zero-order valence-corrected chi connectivity index (χ0v) is 13.7. The zero-order chi connectivity index (χ0) is 17.6. The molecular weight excluding hydrogens is 405 g/mol. The second kappa shape index (κ2) is 6.08. The fourth-order valence-corrected chi connectivity index (χ4v) is 3.46. The van der Waals surface area contributed by atoms with E-state index in [2.05, 4.69) is 4.98 Å². The smallest absolute Gasteiger partial charge is 0.254 e. The Morgan fingerprint density at radius 2 is 1.65 bits per heavy atom. The van der Waals surface area contributed by atoms with Crippen molar-refractivity contribution in [3.63, 3.8) is 0 Å². The van der Waals surface area contributed by atoms with E-state index in [0.717, 1.165) is 6.07 Å². The Kier molecular flexibility index (Phi) is 4.83. The number of aromatic nitrogens is 1. The molecule has 0 saturated carbocycles. The molecule has 1 aromatic heterocycles. The lowest BCUT2D eigenvalue weighted by Gasteiger charge is -2.11. The van der Waals surface area contributed by atoms with Gasteiger partial charge in [-0.1, -0.05) is 23.2 Å². The first-order valence-corrected chi connectivity index (χ1v) is 8.64. The van der Waals surface area contributed by atoms with E-state index in [1.165, 1.54) is 0 Å². The largest absolute Gasteiger partial charge is 0.417 e. The summed E-state index contributed by atoms with van der Waals surface area (Å²) in [6.07, 6.45) is -4.23. The van der Waals surface area contributed by atoms with Gasteiger partial charge in [0.25, 0.3) is 9.05 Å². The zero-order valence-electron chi connectivity index (χ0n) is 10.6. The van der Waals surface area contributed by atoms with Gasteiger partial charge in [0.15, 0.2) is 0 Å². The first-order chi connectivity index (χ1) is 10.4. The molecule has 1 heterocycles. The Hall–Kier alpha value is -1.09. The van der Waals surface area contributed by atoms with Crippen LogP contribution in [0, 0.1) is 5.82 Å². The van der Waals surface area contributed by atoms with E-state index >= 15 is 0 Å². The molecule has 0 aliphatic rings. The van der Waals surface area contributed by atoms with Gasteiger partial charge in [-0.25, -0.2) is 12.8 Å². The van der Waals surface area contributed by atoms with Gasteiger partial charge in [0.1, 0.15) is 10.7 Å². The van der Waals surface area contributed by atoms with E-state index in [1.54, 1.807) is 0 Å². The molecule has 23 heavy (non-hydrogen) atoms. The average Bonchev–Trinajstić information content (AvgIpc) is 2.36. The molecule has 0 amide bonds. The summed E-state index contributed by atoms with van der Waals surface area (Å²) in [5, 5.41) is -0.997. The summed E-state index contributed by atoms with van der Waals surface area (Å²) < 4.78 is 74.4. The van der Waals surface area contributed by atoms with Gasteiger partial charge < -0.3 is 0 Å². The second-order valence-corrected chi connectivity index (χ2v) is 7.60. The van der Waals surface area contributed by atoms with Crippen LogP contribution in [0.1, 0.15) is 5.56 Å². The van der Waals surface area contributed by atoms with Crippen LogP contribution in [-0.4, -0.2) is 13.4 Å². The summed E-state index contributed by atoms with van der Waals surface area (Å²) >= 11 is 11.3. The molecule has 3 nitrogen and oxygen atoms in total. The fraction of sp³-hybridized carbons (Fsp3) is 0.0833. The summed E-state index contributed by atoms with van der Waals surface area (Å²) in [6, 6.07) is 1.95. The fourth-order valence-electron chi connectivity index (χ4n) is 1.69. The summed E-state index contributed by atoms with van der Waals surface area (Å²) in [4.78, 5) is 2.84. The number of hydrogen-bond acceptors (Lipinski definition) is 3. The molecule has 0 saturated heterocycles. The number of alkyl halides is 3. The lowest BCUT2D eigenvalue weighted by Crippen LogP contribution is -2.06.